The van der Waals surface area contributed by atoms with Crippen LogP contribution >= 0.6 is 15.9 Å². The smallest absolute Gasteiger partial charge is 0.0744 e. The fraction of sp³-hybridized carbons (Fsp3) is 0.333. The molecule has 2 aromatic carbocycles. The average Bonchev–Trinajstić information content (AvgIpc) is 2.50. The van der Waals surface area contributed by atoms with Crippen LogP contribution in [0.25, 0.3) is 0 Å². The molecule has 0 aliphatic heterocycles. The van der Waals surface area contributed by atoms with E-state index in [4.69, 9.17) is 4.74 Å². The first-order valence-electron chi connectivity index (χ1n) is 7.27. The summed E-state index contributed by atoms with van der Waals surface area (Å²) in [4.78, 5) is 0. The van der Waals surface area contributed by atoms with E-state index in [2.05, 4.69) is 70.6 Å². The van der Waals surface area contributed by atoms with E-state index in [1.165, 1.54) is 11.1 Å². The Kier molecular flexibility index (Phi) is 6.27. The van der Waals surface area contributed by atoms with Gasteiger partial charge < -0.3 is 10.1 Å². The predicted molar refractivity (Wildman–Crippen MR) is 92.7 cm³/mol. The van der Waals surface area contributed by atoms with Gasteiger partial charge in [-0.1, -0.05) is 52.3 Å². The van der Waals surface area contributed by atoms with E-state index in [1.54, 1.807) is 7.11 Å². The third-order valence-corrected chi connectivity index (χ3v) is 4.26. The highest BCUT2D eigenvalue weighted by molar-refractivity contribution is 9.10. The van der Waals surface area contributed by atoms with Crippen LogP contribution in [0.3, 0.4) is 0 Å². The Labute approximate surface area is 135 Å². The fourth-order valence-electron chi connectivity index (χ4n) is 2.35. The van der Waals surface area contributed by atoms with Crippen LogP contribution in [0.5, 0.6) is 0 Å². The van der Waals surface area contributed by atoms with Gasteiger partial charge in [0.25, 0.3) is 0 Å². The molecule has 0 aliphatic carbocycles. The van der Waals surface area contributed by atoms with Crippen molar-refractivity contribution in [2.75, 3.05) is 12.4 Å². The van der Waals surface area contributed by atoms with Gasteiger partial charge in [-0.15, -0.1) is 0 Å². The minimum atomic E-state index is 0.412. The Balaban J connectivity index is 1.96. The van der Waals surface area contributed by atoms with E-state index in [-0.39, 0.29) is 0 Å². The van der Waals surface area contributed by atoms with Crippen LogP contribution in [0, 0.1) is 0 Å². The second-order valence-electron chi connectivity index (χ2n) is 5.27. The molecule has 0 bridgehead atoms. The van der Waals surface area contributed by atoms with Crippen LogP contribution in [-0.4, -0.2) is 13.2 Å². The Bertz CT molecular complexity index is 556. The van der Waals surface area contributed by atoms with Gasteiger partial charge in [0, 0.05) is 28.9 Å². The third kappa shape index (κ3) is 4.87. The maximum Gasteiger partial charge on any atom is 0.0744 e. The van der Waals surface area contributed by atoms with Gasteiger partial charge in [-0.05, 0) is 37.5 Å². The van der Waals surface area contributed by atoms with Gasteiger partial charge in [-0.3, -0.25) is 0 Å². The molecule has 2 aromatic rings. The molecule has 0 saturated carbocycles. The summed E-state index contributed by atoms with van der Waals surface area (Å²) in [5, 5.41) is 3.60. The van der Waals surface area contributed by atoms with Crippen molar-refractivity contribution in [2.45, 2.75) is 32.4 Å². The Hall–Kier alpha value is -1.32. The molecule has 0 aromatic heterocycles. The van der Waals surface area contributed by atoms with Gasteiger partial charge >= 0.3 is 0 Å². The molecule has 0 fully saturated rings. The normalized spacial score (nSPS) is 12.1. The monoisotopic (exact) mass is 347 g/mol. The van der Waals surface area contributed by atoms with Gasteiger partial charge in [-0.2, -0.15) is 0 Å². The molecule has 0 aliphatic rings. The van der Waals surface area contributed by atoms with Crippen LogP contribution in [0.2, 0.25) is 0 Å². The molecule has 0 spiro atoms. The summed E-state index contributed by atoms with van der Waals surface area (Å²) in [6.45, 7) is 2.83. The molecule has 1 N–H and O–H groups in total. The first-order valence-corrected chi connectivity index (χ1v) is 8.06. The van der Waals surface area contributed by atoms with E-state index in [9.17, 15) is 0 Å². The van der Waals surface area contributed by atoms with Crippen molar-refractivity contribution in [3.63, 3.8) is 0 Å². The lowest BCUT2D eigenvalue weighted by molar-refractivity contribution is 0.185. The van der Waals surface area contributed by atoms with E-state index in [0.717, 1.165) is 23.0 Å². The fourth-order valence-corrected chi connectivity index (χ4v) is 2.83. The standard InChI is InChI=1S/C18H22BrNO/c1-14(11-12-15-7-4-3-5-8-15)20-18-10-6-9-17(19)16(18)13-21-2/h3-10,14,20H,11-13H2,1-2H3. The lowest BCUT2D eigenvalue weighted by Crippen LogP contribution is -2.17. The van der Waals surface area contributed by atoms with Crippen molar-refractivity contribution in [3.8, 4) is 0 Å². The number of anilines is 1. The molecule has 21 heavy (non-hydrogen) atoms. The third-order valence-electron chi connectivity index (χ3n) is 3.52. The van der Waals surface area contributed by atoms with Crippen molar-refractivity contribution in [1.29, 1.82) is 0 Å². The number of rotatable bonds is 7. The first-order chi connectivity index (χ1) is 10.2. The first kappa shape index (κ1) is 16.1. The van der Waals surface area contributed by atoms with E-state index >= 15 is 0 Å². The summed E-state index contributed by atoms with van der Waals surface area (Å²) in [5.74, 6) is 0. The zero-order valence-corrected chi connectivity index (χ0v) is 14.2. The van der Waals surface area contributed by atoms with Gasteiger partial charge in [0.1, 0.15) is 0 Å². The molecule has 2 nitrogen and oxygen atoms in total. The highest BCUT2D eigenvalue weighted by Gasteiger charge is 2.09. The molecule has 0 radical (unpaired) electrons. The summed E-state index contributed by atoms with van der Waals surface area (Å²) in [5.41, 5.74) is 3.70. The number of methoxy groups -OCH3 is 1. The second kappa shape index (κ2) is 8.20. The topological polar surface area (TPSA) is 21.3 Å². The number of nitrogens with one attached hydrogen (secondary N) is 1. The second-order valence-corrected chi connectivity index (χ2v) is 6.12. The Morgan fingerprint density at radius 3 is 2.57 bits per heavy atom. The highest BCUT2D eigenvalue weighted by Crippen LogP contribution is 2.26. The van der Waals surface area contributed by atoms with Crippen molar-refractivity contribution in [1.82, 2.24) is 0 Å². The molecule has 0 saturated heterocycles. The SMILES string of the molecule is COCc1c(Br)cccc1NC(C)CCc1ccccc1. The van der Waals surface area contributed by atoms with Crippen molar-refractivity contribution >= 4 is 21.6 Å². The van der Waals surface area contributed by atoms with Crippen LogP contribution in [-0.2, 0) is 17.8 Å². The van der Waals surface area contributed by atoms with Crippen LogP contribution < -0.4 is 5.32 Å². The minimum absolute atomic E-state index is 0.412. The Morgan fingerprint density at radius 2 is 1.86 bits per heavy atom. The quantitative estimate of drug-likeness (QED) is 0.758. The van der Waals surface area contributed by atoms with Crippen molar-refractivity contribution in [3.05, 3.63) is 64.1 Å². The lowest BCUT2D eigenvalue weighted by Gasteiger charge is -2.19. The summed E-state index contributed by atoms with van der Waals surface area (Å²) < 4.78 is 6.38. The molecule has 112 valence electrons. The van der Waals surface area contributed by atoms with E-state index in [1.807, 2.05) is 6.07 Å². The zero-order chi connectivity index (χ0) is 15.1. The van der Waals surface area contributed by atoms with E-state index in [0.29, 0.717) is 12.6 Å². The molecular formula is C18H22BrNO. The average molecular weight is 348 g/mol. The van der Waals surface area contributed by atoms with Crippen LogP contribution in [0.1, 0.15) is 24.5 Å². The number of halogens is 1. The van der Waals surface area contributed by atoms with Crippen LogP contribution in [0.4, 0.5) is 5.69 Å². The van der Waals surface area contributed by atoms with Crippen molar-refractivity contribution in [2.24, 2.45) is 0 Å². The number of hydrogen-bond acceptors (Lipinski definition) is 2. The van der Waals surface area contributed by atoms with Gasteiger partial charge in [0.15, 0.2) is 0 Å². The largest absolute Gasteiger partial charge is 0.382 e. The summed E-state index contributed by atoms with van der Waals surface area (Å²) in [6, 6.07) is 17.2. The van der Waals surface area contributed by atoms with E-state index < -0.39 is 0 Å². The molecule has 0 amide bonds. The summed E-state index contributed by atoms with van der Waals surface area (Å²) in [7, 11) is 1.72. The minimum Gasteiger partial charge on any atom is -0.382 e. The molecule has 0 heterocycles. The number of hydrogen-bond donors (Lipinski definition) is 1. The Morgan fingerprint density at radius 1 is 1.10 bits per heavy atom. The maximum atomic E-state index is 5.29. The van der Waals surface area contributed by atoms with Gasteiger partial charge in [0.2, 0.25) is 0 Å². The summed E-state index contributed by atoms with van der Waals surface area (Å²) >= 11 is 3.59. The van der Waals surface area contributed by atoms with Crippen molar-refractivity contribution < 1.29 is 4.74 Å². The van der Waals surface area contributed by atoms with Crippen LogP contribution in [0.15, 0.2) is 53.0 Å². The lowest BCUT2D eigenvalue weighted by atomic mass is 10.1. The molecular weight excluding hydrogens is 326 g/mol. The molecule has 3 heteroatoms. The number of ether oxygens (including phenoxy) is 1. The molecule has 1 unspecified atom stereocenters. The number of benzene rings is 2. The zero-order valence-electron chi connectivity index (χ0n) is 12.6. The summed E-state index contributed by atoms with van der Waals surface area (Å²) in [6.07, 6.45) is 2.19. The molecule has 2 rings (SSSR count). The highest BCUT2D eigenvalue weighted by atomic mass is 79.9. The maximum absolute atomic E-state index is 5.29. The van der Waals surface area contributed by atoms with Gasteiger partial charge in [-0.25, -0.2) is 0 Å². The predicted octanol–water partition coefficient (Wildman–Crippen LogP) is 5.03. The van der Waals surface area contributed by atoms with Gasteiger partial charge in [0.05, 0.1) is 6.61 Å². The number of aryl methyl sites for hydroxylation is 1. The molecule has 1 atom stereocenters.